The van der Waals surface area contributed by atoms with Gasteiger partial charge in [0.25, 0.3) is 0 Å². The molecule has 1 N–H and O–H groups in total. The maximum Gasteiger partial charge on any atom is 0.318 e. The summed E-state index contributed by atoms with van der Waals surface area (Å²) in [6, 6.07) is 0.993. The standard InChI is InChI=1S/C12H24N4O/c1-7-12(4,5)16(6)11-15-14-10(17-11)8-13-9(2)3/h9,13H,7-8H2,1-6H3. The lowest BCUT2D eigenvalue weighted by Gasteiger charge is -2.33. The predicted molar refractivity (Wildman–Crippen MR) is 69.0 cm³/mol. The second-order valence-electron chi connectivity index (χ2n) is 5.24. The summed E-state index contributed by atoms with van der Waals surface area (Å²) in [6.45, 7) is 11.2. The molecule has 98 valence electrons. The number of rotatable bonds is 6. The van der Waals surface area contributed by atoms with Crippen LogP contribution in [0, 0.1) is 0 Å². The van der Waals surface area contributed by atoms with Gasteiger partial charge in [0.05, 0.1) is 6.54 Å². The molecule has 1 aromatic heterocycles. The molecule has 17 heavy (non-hydrogen) atoms. The smallest absolute Gasteiger partial charge is 0.318 e. The van der Waals surface area contributed by atoms with Gasteiger partial charge in [0, 0.05) is 18.6 Å². The third kappa shape index (κ3) is 3.70. The molecular weight excluding hydrogens is 216 g/mol. The van der Waals surface area contributed by atoms with E-state index in [-0.39, 0.29) is 5.54 Å². The van der Waals surface area contributed by atoms with Crippen molar-refractivity contribution < 1.29 is 4.42 Å². The van der Waals surface area contributed by atoms with E-state index in [1.807, 2.05) is 11.9 Å². The highest BCUT2D eigenvalue weighted by Crippen LogP contribution is 2.23. The maximum atomic E-state index is 5.63. The van der Waals surface area contributed by atoms with Crippen molar-refractivity contribution in [2.75, 3.05) is 11.9 Å². The number of anilines is 1. The first-order valence-electron chi connectivity index (χ1n) is 6.16. The maximum absolute atomic E-state index is 5.63. The second kappa shape index (κ2) is 5.49. The van der Waals surface area contributed by atoms with Crippen molar-refractivity contribution in [2.45, 2.75) is 59.2 Å². The van der Waals surface area contributed by atoms with Gasteiger partial charge in [0.1, 0.15) is 0 Å². The molecule has 0 aliphatic heterocycles. The first-order valence-corrected chi connectivity index (χ1v) is 6.16. The zero-order valence-electron chi connectivity index (χ0n) is 11.7. The van der Waals surface area contributed by atoms with Crippen LogP contribution >= 0.6 is 0 Å². The van der Waals surface area contributed by atoms with Gasteiger partial charge in [-0.3, -0.25) is 0 Å². The third-order valence-electron chi connectivity index (χ3n) is 3.18. The summed E-state index contributed by atoms with van der Waals surface area (Å²) in [7, 11) is 1.98. The molecule has 0 unspecified atom stereocenters. The van der Waals surface area contributed by atoms with Crippen LogP contribution in [0.3, 0.4) is 0 Å². The SMILES string of the molecule is CCC(C)(C)N(C)c1nnc(CNC(C)C)o1. The van der Waals surface area contributed by atoms with E-state index in [2.05, 4.69) is 50.1 Å². The first kappa shape index (κ1) is 14.0. The minimum Gasteiger partial charge on any atom is -0.407 e. The highest BCUT2D eigenvalue weighted by atomic mass is 16.4. The monoisotopic (exact) mass is 240 g/mol. The summed E-state index contributed by atoms with van der Waals surface area (Å²) < 4.78 is 5.63. The molecule has 5 nitrogen and oxygen atoms in total. The van der Waals surface area contributed by atoms with Gasteiger partial charge in [0.15, 0.2) is 0 Å². The lowest BCUT2D eigenvalue weighted by Crippen LogP contribution is -2.40. The molecule has 0 aliphatic rings. The Bertz CT molecular complexity index is 346. The first-order chi connectivity index (χ1) is 7.86. The van der Waals surface area contributed by atoms with Gasteiger partial charge >= 0.3 is 6.01 Å². The average molecular weight is 240 g/mol. The Hall–Kier alpha value is -1.10. The zero-order chi connectivity index (χ0) is 13.1. The normalized spacial score (nSPS) is 12.2. The molecule has 0 fully saturated rings. The average Bonchev–Trinajstić information content (AvgIpc) is 2.73. The van der Waals surface area contributed by atoms with Gasteiger partial charge in [-0.05, 0) is 20.3 Å². The van der Waals surface area contributed by atoms with Crippen molar-refractivity contribution in [1.29, 1.82) is 0 Å². The highest BCUT2D eigenvalue weighted by molar-refractivity contribution is 5.27. The van der Waals surface area contributed by atoms with E-state index >= 15 is 0 Å². The summed E-state index contributed by atoms with van der Waals surface area (Å²) in [5.74, 6) is 0.632. The van der Waals surface area contributed by atoms with Gasteiger partial charge in [-0.25, -0.2) is 0 Å². The van der Waals surface area contributed by atoms with Gasteiger partial charge in [-0.1, -0.05) is 25.9 Å². The summed E-state index contributed by atoms with van der Waals surface area (Å²) in [5, 5.41) is 11.4. The van der Waals surface area contributed by atoms with Crippen molar-refractivity contribution in [1.82, 2.24) is 15.5 Å². The van der Waals surface area contributed by atoms with E-state index in [1.165, 1.54) is 0 Å². The largest absolute Gasteiger partial charge is 0.407 e. The molecule has 0 bridgehead atoms. The van der Waals surface area contributed by atoms with Gasteiger partial charge < -0.3 is 14.6 Å². The lowest BCUT2D eigenvalue weighted by atomic mass is 10.0. The Kier molecular flexibility index (Phi) is 4.51. The molecule has 0 atom stereocenters. The number of aromatic nitrogens is 2. The Morgan fingerprint density at radius 2 is 2.00 bits per heavy atom. The molecule has 5 heteroatoms. The van der Waals surface area contributed by atoms with Crippen molar-refractivity contribution in [3.05, 3.63) is 5.89 Å². The van der Waals surface area contributed by atoms with E-state index in [0.717, 1.165) is 6.42 Å². The topological polar surface area (TPSA) is 54.2 Å². The molecule has 0 amide bonds. The molecule has 0 aromatic carbocycles. The van der Waals surface area contributed by atoms with Crippen molar-refractivity contribution >= 4 is 6.01 Å². The van der Waals surface area contributed by atoms with E-state index < -0.39 is 0 Å². The quantitative estimate of drug-likeness (QED) is 0.826. The van der Waals surface area contributed by atoms with Crippen LogP contribution in [-0.2, 0) is 6.54 Å². The van der Waals surface area contributed by atoms with Crippen molar-refractivity contribution in [3.63, 3.8) is 0 Å². The van der Waals surface area contributed by atoms with Crippen LogP contribution in [0.2, 0.25) is 0 Å². The minimum atomic E-state index is 0.0231. The molecular formula is C12H24N4O. The fourth-order valence-electron chi connectivity index (χ4n) is 1.24. The Balaban J connectivity index is 2.67. The number of nitrogens with one attached hydrogen (secondary N) is 1. The number of hydrogen-bond acceptors (Lipinski definition) is 5. The molecule has 1 heterocycles. The number of nitrogens with zero attached hydrogens (tertiary/aromatic N) is 3. The molecule has 1 aromatic rings. The van der Waals surface area contributed by atoms with Crippen LogP contribution in [0.15, 0.2) is 4.42 Å². The van der Waals surface area contributed by atoms with Crippen LogP contribution in [-0.4, -0.2) is 28.8 Å². The van der Waals surface area contributed by atoms with Gasteiger partial charge in [-0.15, -0.1) is 5.10 Å². The van der Waals surface area contributed by atoms with E-state index in [9.17, 15) is 0 Å². The predicted octanol–water partition coefficient (Wildman–Crippen LogP) is 2.19. The second-order valence-corrected chi connectivity index (χ2v) is 5.24. The molecule has 0 saturated heterocycles. The lowest BCUT2D eigenvalue weighted by molar-refractivity contribution is 0.402. The van der Waals surface area contributed by atoms with Crippen LogP contribution in [0.1, 0.15) is 46.9 Å². The minimum absolute atomic E-state index is 0.0231. The zero-order valence-corrected chi connectivity index (χ0v) is 11.7. The molecule has 0 spiro atoms. The van der Waals surface area contributed by atoms with Crippen molar-refractivity contribution in [3.8, 4) is 0 Å². The Morgan fingerprint density at radius 1 is 1.35 bits per heavy atom. The fourth-order valence-corrected chi connectivity index (χ4v) is 1.24. The summed E-state index contributed by atoms with van der Waals surface area (Å²) in [5.41, 5.74) is 0.0231. The van der Waals surface area contributed by atoms with Crippen LogP contribution in [0.5, 0.6) is 0 Å². The fraction of sp³-hybridized carbons (Fsp3) is 0.833. The van der Waals surface area contributed by atoms with Crippen LogP contribution in [0.25, 0.3) is 0 Å². The van der Waals surface area contributed by atoms with Crippen LogP contribution in [0.4, 0.5) is 6.01 Å². The summed E-state index contributed by atoms with van der Waals surface area (Å²) in [4.78, 5) is 2.03. The van der Waals surface area contributed by atoms with Crippen molar-refractivity contribution in [2.24, 2.45) is 0 Å². The molecule has 0 saturated carbocycles. The molecule has 0 aliphatic carbocycles. The van der Waals surface area contributed by atoms with Gasteiger partial charge in [0.2, 0.25) is 5.89 Å². The third-order valence-corrected chi connectivity index (χ3v) is 3.18. The molecule has 1 rings (SSSR count). The van der Waals surface area contributed by atoms with E-state index in [0.29, 0.717) is 24.5 Å². The Labute approximate surface area is 104 Å². The molecule has 0 radical (unpaired) electrons. The number of hydrogen-bond donors (Lipinski definition) is 1. The van der Waals surface area contributed by atoms with Gasteiger partial charge in [-0.2, -0.15) is 0 Å². The van der Waals surface area contributed by atoms with Crippen LogP contribution < -0.4 is 10.2 Å². The van der Waals surface area contributed by atoms with E-state index in [1.54, 1.807) is 0 Å². The highest BCUT2D eigenvalue weighted by Gasteiger charge is 2.25. The Morgan fingerprint density at radius 3 is 2.53 bits per heavy atom. The summed E-state index contributed by atoms with van der Waals surface area (Å²) in [6.07, 6.45) is 1.02. The summed E-state index contributed by atoms with van der Waals surface area (Å²) >= 11 is 0. The van der Waals surface area contributed by atoms with E-state index in [4.69, 9.17) is 4.42 Å².